The van der Waals surface area contributed by atoms with E-state index in [1.807, 2.05) is 32.1 Å². The zero-order valence-electron chi connectivity index (χ0n) is 14.3. The van der Waals surface area contributed by atoms with E-state index in [0.29, 0.717) is 11.3 Å². The number of nitrogens with zero attached hydrogens (tertiary/aromatic N) is 2. The molecular weight excluding hydrogens is 329 g/mol. The van der Waals surface area contributed by atoms with Crippen molar-refractivity contribution in [3.8, 4) is 17.6 Å². The van der Waals surface area contributed by atoms with Crippen molar-refractivity contribution in [1.29, 1.82) is 5.26 Å². The van der Waals surface area contributed by atoms with Crippen LogP contribution in [0.2, 0.25) is 0 Å². The fourth-order valence-corrected chi connectivity index (χ4v) is 3.24. The molecule has 0 aromatic heterocycles. The van der Waals surface area contributed by atoms with Crippen molar-refractivity contribution in [3.05, 3.63) is 64.7 Å². The average Bonchev–Trinajstić information content (AvgIpc) is 2.61. The average molecular weight is 349 g/mol. The van der Waals surface area contributed by atoms with Crippen LogP contribution in [0.4, 0.5) is 0 Å². The molecule has 0 spiro atoms. The Labute approximate surface area is 150 Å². The largest absolute Gasteiger partial charge is 0.456 e. The van der Waals surface area contributed by atoms with E-state index in [1.165, 1.54) is 0 Å². The van der Waals surface area contributed by atoms with E-state index in [0.717, 1.165) is 46.4 Å². The summed E-state index contributed by atoms with van der Waals surface area (Å²) in [6.07, 6.45) is 4.84. The number of nitriles is 1. The summed E-state index contributed by atoms with van der Waals surface area (Å²) in [6, 6.07) is 11.9. The highest BCUT2D eigenvalue weighted by Crippen LogP contribution is 2.28. The lowest BCUT2D eigenvalue weighted by atomic mass is 10.0. The van der Waals surface area contributed by atoms with Gasteiger partial charge in [0.2, 0.25) is 0 Å². The molecule has 2 aromatic rings. The van der Waals surface area contributed by atoms with Gasteiger partial charge in [0.15, 0.2) is 0 Å². The van der Waals surface area contributed by atoms with Crippen LogP contribution in [-0.2, 0) is 6.42 Å². The van der Waals surface area contributed by atoms with Crippen LogP contribution in [-0.4, -0.2) is 12.3 Å². The number of benzene rings is 2. The summed E-state index contributed by atoms with van der Waals surface area (Å²) < 4.78 is 6.15. The Kier molecular flexibility index (Phi) is 5.16. The molecule has 0 radical (unpaired) electrons. The zero-order chi connectivity index (χ0) is 17.8. The van der Waals surface area contributed by atoms with Crippen LogP contribution in [0.1, 0.15) is 22.3 Å². The fraction of sp³-hybridized carbons (Fsp3) is 0.200. The Hall–Kier alpha value is -2.63. The first-order valence-electron chi connectivity index (χ1n) is 8.10. The van der Waals surface area contributed by atoms with Crippen LogP contribution in [0.3, 0.4) is 0 Å². The Bertz CT molecular complexity index is 910. The zero-order valence-corrected chi connectivity index (χ0v) is 15.5. The molecule has 0 saturated heterocycles. The summed E-state index contributed by atoms with van der Waals surface area (Å²) in [5.41, 5.74) is 7.78. The van der Waals surface area contributed by atoms with Gasteiger partial charge in [0, 0.05) is 11.7 Å². The van der Waals surface area contributed by atoms with E-state index in [1.54, 1.807) is 6.07 Å². The number of ether oxygens (including phenoxy) is 1. The molecule has 2 aromatic carbocycles. The molecule has 1 unspecified atom stereocenters. The van der Waals surface area contributed by atoms with Gasteiger partial charge in [0.05, 0.1) is 23.9 Å². The van der Waals surface area contributed by atoms with E-state index in [2.05, 4.69) is 44.0 Å². The van der Waals surface area contributed by atoms with E-state index in [9.17, 15) is 0 Å². The standard InChI is InChI=1S/C20H20N3OP/c1-13-8-15(12-21)10-18(9-13)24-19-14(2)5-6-16(20(19)25)11-17-4-3-7-22-23-17/h3-6,8-10,22H,7,11,25H2,1-2H3. The molecule has 3 rings (SSSR count). The van der Waals surface area contributed by atoms with Crippen LogP contribution in [0, 0.1) is 25.2 Å². The number of hydrazone groups is 1. The highest BCUT2D eigenvalue weighted by Gasteiger charge is 2.13. The molecule has 0 amide bonds. The van der Waals surface area contributed by atoms with E-state index >= 15 is 0 Å². The maximum Gasteiger partial charge on any atom is 0.137 e. The maximum absolute atomic E-state index is 9.15. The molecule has 1 aliphatic rings. The van der Waals surface area contributed by atoms with Gasteiger partial charge < -0.3 is 10.2 Å². The Morgan fingerprint density at radius 1 is 1.28 bits per heavy atom. The lowest BCUT2D eigenvalue weighted by Crippen LogP contribution is -2.18. The lowest BCUT2D eigenvalue weighted by molar-refractivity contribution is 0.482. The number of hydrogen-bond donors (Lipinski definition) is 1. The van der Waals surface area contributed by atoms with E-state index in [-0.39, 0.29) is 0 Å². The van der Waals surface area contributed by atoms with Gasteiger partial charge in [0.25, 0.3) is 0 Å². The summed E-state index contributed by atoms with van der Waals surface area (Å²) in [6.45, 7) is 4.75. The van der Waals surface area contributed by atoms with Gasteiger partial charge in [-0.05, 0) is 54.8 Å². The molecule has 1 atom stereocenters. The van der Waals surface area contributed by atoms with Crippen LogP contribution in [0.25, 0.3) is 0 Å². The van der Waals surface area contributed by atoms with Crippen molar-refractivity contribution in [2.24, 2.45) is 5.10 Å². The second kappa shape index (κ2) is 7.51. The molecule has 4 nitrogen and oxygen atoms in total. The second-order valence-electron chi connectivity index (χ2n) is 6.08. The first-order chi connectivity index (χ1) is 12.1. The van der Waals surface area contributed by atoms with Gasteiger partial charge in [-0.3, -0.25) is 0 Å². The summed E-state index contributed by atoms with van der Waals surface area (Å²) in [5, 5.41) is 14.5. The van der Waals surface area contributed by atoms with Crippen LogP contribution >= 0.6 is 9.24 Å². The monoisotopic (exact) mass is 349 g/mol. The fourth-order valence-electron chi connectivity index (χ4n) is 2.75. The summed E-state index contributed by atoms with van der Waals surface area (Å²) >= 11 is 0. The molecule has 1 aliphatic heterocycles. The van der Waals surface area contributed by atoms with E-state index in [4.69, 9.17) is 10.00 Å². The Morgan fingerprint density at radius 2 is 2.12 bits per heavy atom. The molecule has 0 aliphatic carbocycles. The van der Waals surface area contributed by atoms with Crippen LogP contribution < -0.4 is 15.5 Å². The number of nitrogens with one attached hydrogen (secondary N) is 1. The predicted octanol–water partition coefficient (Wildman–Crippen LogP) is 3.53. The van der Waals surface area contributed by atoms with Gasteiger partial charge >= 0.3 is 0 Å². The minimum atomic E-state index is 0.599. The molecule has 0 bridgehead atoms. The number of rotatable bonds is 4. The molecular formula is C20H20N3OP. The normalized spacial score (nSPS) is 13.0. The van der Waals surface area contributed by atoms with E-state index < -0.39 is 0 Å². The minimum absolute atomic E-state index is 0.599. The summed E-state index contributed by atoms with van der Waals surface area (Å²) in [7, 11) is 2.79. The molecule has 1 heterocycles. The van der Waals surface area contributed by atoms with Crippen LogP contribution in [0.5, 0.6) is 11.5 Å². The molecule has 1 N–H and O–H groups in total. The third-order valence-corrected chi connectivity index (χ3v) is 4.63. The topological polar surface area (TPSA) is 57.4 Å². The third kappa shape index (κ3) is 4.07. The summed E-state index contributed by atoms with van der Waals surface area (Å²) in [5.74, 6) is 1.49. The highest BCUT2D eigenvalue weighted by molar-refractivity contribution is 7.28. The Balaban J connectivity index is 1.92. The van der Waals surface area contributed by atoms with Gasteiger partial charge in [-0.15, -0.1) is 9.24 Å². The first-order valence-corrected chi connectivity index (χ1v) is 8.68. The number of allylic oxidation sites excluding steroid dienone is 1. The van der Waals surface area contributed by atoms with Crippen molar-refractivity contribution < 1.29 is 4.74 Å². The SMILES string of the molecule is Cc1cc(C#N)cc(Oc2c(C)ccc(CC3=NNCC=C3)c2P)c1. The van der Waals surface area contributed by atoms with Crippen LogP contribution in [0.15, 0.2) is 47.6 Å². The first kappa shape index (κ1) is 17.2. The lowest BCUT2D eigenvalue weighted by Gasteiger charge is -2.16. The molecule has 25 heavy (non-hydrogen) atoms. The molecule has 0 fully saturated rings. The van der Waals surface area contributed by atoms with Crippen molar-refractivity contribution in [2.45, 2.75) is 20.3 Å². The molecule has 126 valence electrons. The van der Waals surface area contributed by atoms with Gasteiger partial charge in [-0.1, -0.05) is 18.2 Å². The maximum atomic E-state index is 9.15. The van der Waals surface area contributed by atoms with Crippen molar-refractivity contribution in [1.82, 2.24) is 5.43 Å². The van der Waals surface area contributed by atoms with Gasteiger partial charge in [-0.25, -0.2) is 0 Å². The predicted molar refractivity (Wildman–Crippen MR) is 105 cm³/mol. The molecule has 0 saturated carbocycles. The van der Waals surface area contributed by atoms with Gasteiger partial charge in [-0.2, -0.15) is 10.4 Å². The van der Waals surface area contributed by atoms with Crippen molar-refractivity contribution in [2.75, 3.05) is 6.54 Å². The van der Waals surface area contributed by atoms with Crippen molar-refractivity contribution in [3.63, 3.8) is 0 Å². The number of aryl methyl sites for hydroxylation is 2. The smallest absolute Gasteiger partial charge is 0.137 e. The third-order valence-electron chi connectivity index (χ3n) is 4.00. The molecule has 5 heteroatoms. The quantitative estimate of drug-likeness (QED) is 0.859. The second-order valence-corrected chi connectivity index (χ2v) is 6.65. The highest BCUT2D eigenvalue weighted by atomic mass is 31.0. The Morgan fingerprint density at radius 3 is 2.84 bits per heavy atom. The summed E-state index contributed by atoms with van der Waals surface area (Å²) in [4.78, 5) is 0. The van der Waals surface area contributed by atoms with Crippen molar-refractivity contribution >= 4 is 20.3 Å². The number of hydrogen-bond acceptors (Lipinski definition) is 4. The minimum Gasteiger partial charge on any atom is -0.456 e. The van der Waals surface area contributed by atoms with Gasteiger partial charge in [0.1, 0.15) is 11.5 Å².